The minimum absolute atomic E-state index is 0.00542. The minimum atomic E-state index is -0.586. The predicted octanol–water partition coefficient (Wildman–Crippen LogP) is -1.48. The summed E-state index contributed by atoms with van der Waals surface area (Å²) in [5.74, 6) is -0.781. The van der Waals surface area contributed by atoms with Crippen LogP contribution >= 0.6 is 0 Å². The van der Waals surface area contributed by atoms with Crippen LogP contribution in [0.5, 0.6) is 0 Å². The molecule has 0 aliphatic rings. The van der Waals surface area contributed by atoms with Crippen LogP contribution in [-0.2, 0) is 14.4 Å². The first-order chi connectivity index (χ1) is 6.02. The zero-order chi connectivity index (χ0) is 10.3. The van der Waals surface area contributed by atoms with Crippen molar-refractivity contribution in [1.29, 1.82) is 0 Å². The summed E-state index contributed by atoms with van der Waals surface area (Å²) >= 11 is 0. The molecule has 0 fully saturated rings. The number of nitrogens with one attached hydrogen (secondary N) is 2. The van der Waals surface area contributed by atoms with Gasteiger partial charge in [0.1, 0.15) is 6.61 Å². The molecule has 0 rings (SSSR count). The molecular formula is C7H15N3O3. The van der Waals surface area contributed by atoms with Crippen LogP contribution in [0.4, 0.5) is 0 Å². The Labute approximate surface area is 76.8 Å². The average molecular weight is 189 g/mol. The molecule has 0 radical (unpaired) electrons. The second kappa shape index (κ2) is 6.38. The van der Waals surface area contributed by atoms with Crippen LogP contribution < -0.4 is 16.5 Å². The van der Waals surface area contributed by atoms with Crippen molar-refractivity contribution in [3.63, 3.8) is 0 Å². The van der Waals surface area contributed by atoms with Crippen molar-refractivity contribution >= 4 is 11.8 Å². The number of hydroxylamine groups is 1. The second-order valence-corrected chi connectivity index (χ2v) is 2.80. The fourth-order valence-corrected chi connectivity index (χ4v) is 0.612. The van der Waals surface area contributed by atoms with Crippen LogP contribution in [0.3, 0.4) is 0 Å². The lowest BCUT2D eigenvalue weighted by Gasteiger charge is -2.08. The topological polar surface area (TPSA) is 93.4 Å². The number of amides is 2. The monoisotopic (exact) mass is 189 g/mol. The number of primary amides is 1. The van der Waals surface area contributed by atoms with E-state index in [1.807, 2.05) is 13.8 Å². The van der Waals surface area contributed by atoms with Gasteiger partial charge in [0.25, 0.3) is 0 Å². The van der Waals surface area contributed by atoms with Crippen molar-refractivity contribution in [1.82, 2.24) is 10.8 Å². The smallest absolute Gasteiger partial charge is 0.245 e. The molecule has 0 aromatic carbocycles. The Morgan fingerprint density at radius 3 is 2.54 bits per heavy atom. The Morgan fingerprint density at radius 2 is 2.08 bits per heavy atom. The molecule has 0 saturated heterocycles. The number of hydrogen-bond donors (Lipinski definition) is 3. The van der Waals surface area contributed by atoms with Crippen LogP contribution in [0.2, 0.25) is 0 Å². The highest BCUT2D eigenvalue weighted by atomic mass is 16.6. The van der Waals surface area contributed by atoms with Crippen LogP contribution in [-0.4, -0.2) is 31.0 Å². The summed E-state index contributed by atoms with van der Waals surface area (Å²) in [6.45, 7) is 3.46. The van der Waals surface area contributed by atoms with Gasteiger partial charge in [-0.3, -0.25) is 14.4 Å². The lowest BCUT2D eigenvalue weighted by atomic mass is 10.4. The average Bonchev–Trinajstić information content (AvgIpc) is 1.96. The van der Waals surface area contributed by atoms with E-state index in [0.29, 0.717) is 0 Å². The Hall–Kier alpha value is -1.14. The van der Waals surface area contributed by atoms with Gasteiger partial charge in [-0.2, -0.15) is 5.48 Å². The first-order valence-corrected chi connectivity index (χ1v) is 3.94. The number of carbonyl (C=O) groups excluding carboxylic acids is 2. The normalized spacial score (nSPS) is 10.1. The summed E-state index contributed by atoms with van der Waals surface area (Å²) in [5, 5.41) is 2.63. The Balaban J connectivity index is 3.32. The van der Waals surface area contributed by atoms with E-state index >= 15 is 0 Å². The van der Waals surface area contributed by atoms with E-state index < -0.39 is 5.91 Å². The predicted molar refractivity (Wildman–Crippen MR) is 46.4 cm³/mol. The van der Waals surface area contributed by atoms with E-state index in [1.165, 1.54) is 0 Å². The van der Waals surface area contributed by atoms with E-state index in [9.17, 15) is 9.59 Å². The third kappa shape index (κ3) is 8.77. The van der Waals surface area contributed by atoms with Crippen molar-refractivity contribution < 1.29 is 14.4 Å². The van der Waals surface area contributed by atoms with Crippen LogP contribution in [0.1, 0.15) is 13.8 Å². The van der Waals surface area contributed by atoms with E-state index in [1.54, 1.807) is 0 Å². The Morgan fingerprint density at radius 1 is 1.46 bits per heavy atom. The van der Waals surface area contributed by atoms with Gasteiger partial charge in [0.2, 0.25) is 11.8 Å². The summed E-state index contributed by atoms with van der Waals surface area (Å²) in [5.41, 5.74) is 7.09. The molecule has 6 heteroatoms. The fraction of sp³-hybridized carbons (Fsp3) is 0.714. The van der Waals surface area contributed by atoms with Gasteiger partial charge in [-0.1, -0.05) is 0 Å². The maximum absolute atomic E-state index is 10.9. The van der Waals surface area contributed by atoms with E-state index in [0.717, 1.165) is 0 Å². The maximum atomic E-state index is 10.9. The Bertz CT molecular complexity index is 182. The lowest BCUT2D eigenvalue weighted by molar-refractivity contribution is -0.129. The summed E-state index contributed by atoms with van der Waals surface area (Å²) in [4.78, 5) is 25.7. The summed E-state index contributed by atoms with van der Waals surface area (Å²) in [6.07, 6.45) is 0. The molecule has 0 aliphatic carbocycles. The number of hydrogen-bond acceptors (Lipinski definition) is 4. The van der Waals surface area contributed by atoms with E-state index in [2.05, 4.69) is 15.6 Å². The van der Waals surface area contributed by atoms with E-state index in [-0.39, 0.29) is 25.1 Å². The van der Waals surface area contributed by atoms with Gasteiger partial charge < -0.3 is 11.1 Å². The standard InChI is InChI=1S/C7H15N3O3/c1-5(2)10-7(12)3-9-13-4-6(8)11/h5,9H,3-4H2,1-2H3,(H2,8,11)(H,10,12). The van der Waals surface area contributed by atoms with Gasteiger partial charge in [0.05, 0.1) is 6.54 Å². The molecule has 6 nitrogen and oxygen atoms in total. The first kappa shape index (κ1) is 11.9. The third-order valence-electron chi connectivity index (χ3n) is 0.999. The molecule has 0 heterocycles. The van der Waals surface area contributed by atoms with Gasteiger partial charge in [-0.25, -0.2) is 0 Å². The molecule has 0 bridgehead atoms. The van der Waals surface area contributed by atoms with Gasteiger partial charge >= 0.3 is 0 Å². The molecule has 0 aromatic rings. The fourth-order valence-electron chi connectivity index (χ4n) is 0.612. The highest BCUT2D eigenvalue weighted by Crippen LogP contribution is 1.75. The maximum Gasteiger partial charge on any atom is 0.245 e. The van der Waals surface area contributed by atoms with Crippen molar-refractivity contribution in [3.8, 4) is 0 Å². The van der Waals surface area contributed by atoms with Crippen LogP contribution in [0, 0.1) is 0 Å². The SMILES string of the molecule is CC(C)NC(=O)CNOCC(N)=O. The molecule has 0 aliphatic heterocycles. The lowest BCUT2D eigenvalue weighted by Crippen LogP contribution is -2.38. The van der Waals surface area contributed by atoms with Gasteiger partial charge in [-0.05, 0) is 13.8 Å². The number of nitrogens with two attached hydrogens (primary N) is 1. The zero-order valence-corrected chi connectivity index (χ0v) is 7.79. The zero-order valence-electron chi connectivity index (χ0n) is 7.79. The molecule has 0 unspecified atom stereocenters. The molecule has 76 valence electrons. The molecule has 13 heavy (non-hydrogen) atoms. The molecule has 0 atom stereocenters. The summed E-state index contributed by atoms with van der Waals surface area (Å²) < 4.78 is 0. The minimum Gasteiger partial charge on any atom is -0.368 e. The molecule has 0 spiro atoms. The van der Waals surface area contributed by atoms with Gasteiger partial charge in [0, 0.05) is 6.04 Å². The van der Waals surface area contributed by atoms with Gasteiger partial charge in [0.15, 0.2) is 0 Å². The van der Waals surface area contributed by atoms with Gasteiger partial charge in [-0.15, -0.1) is 0 Å². The van der Waals surface area contributed by atoms with E-state index in [4.69, 9.17) is 5.73 Å². The van der Waals surface area contributed by atoms with Crippen LogP contribution in [0.25, 0.3) is 0 Å². The van der Waals surface area contributed by atoms with Crippen molar-refractivity contribution in [2.45, 2.75) is 19.9 Å². The quantitative estimate of drug-likeness (QED) is 0.351. The molecule has 0 aromatic heterocycles. The second-order valence-electron chi connectivity index (χ2n) is 2.80. The summed E-state index contributed by atoms with van der Waals surface area (Å²) in [6, 6.07) is 0.0884. The summed E-state index contributed by atoms with van der Waals surface area (Å²) in [7, 11) is 0. The third-order valence-corrected chi connectivity index (χ3v) is 0.999. The first-order valence-electron chi connectivity index (χ1n) is 3.94. The van der Waals surface area contributed by atoms with Crippen molar-refractivity contribution in [2.75, 3.05) is 13.2 Å². The number of rotatable bonds is 6. The molecular weight excluding hydrogens is 174 g/mol. The Kier molecular flexibility index (Phi) is 5.82. The molecule has 4 N–H and O–H groups in total. The van der Waals surface area contributed by atoms with Crippen molar-refractivity contribution in [2.24, 2.45) is 5.73 Å². The van der Waals surface area contributed by atoms with Crippen molar-refractivity contribution in [3.05, 3.63) is 0 Å². The largest absolute Gasteiger partial charge is 0.368 e. The van der Waals surface area contributed by atoms with Crippen LogP contribution in [0.15, 0.2) is 0 Å². The molecule has 2 amide bonds. The number of carbonyl (C=O) groups is 2. The molecule has 0 saturated carbocycles. The highest BCUT2D eigenvalue weighted by Gasteiger charge is 2.02. The highest BCUT2D eigenvalue weighted by molar-refractivity contribution is 5.78.